The molecule has 0 fully saturated rings. The van der Waals surface area contributed by atoms with Gasteiger partial charge in [-0.3, -0.25) is 0 Å². The topological polar surface area (TPSA) is 43.4 Å². The largest absolute Gasteiger partial charge is 0.491 e. The van der Waals surface area contributed by atoms with Gasteiger partial charge in [0.05, 0.1) is 6.61 Å². The van der Waals surface area contributed by atoms with E-state index in [0.717, 1.165) is 11.1 Å². The molecule has 0 unspecified atom stereocenters. The van der Waals surface area contributed by atoms with Crippen molar-refractivity contribution in [1.29, 1.82) is 0 Å². The normalized spacial score (nSPS) is 10.9. The number of benzene rings is 1. The summed E-state index contributed by atoms with van der Waals surface area (Å²) in [6, 6.07) is 3.32. The number of ether oxygens (including phenoxy) is 1. The Morgan fingerprint density at radius 3 is 2.59 bits per heavy atom. The lowest BCUT2D eigenvalue weighted by Crippen LogP contribution is -2.04. The van der Waals surface area contributed by atoms with Gasteiger partial charge in [-0.2, -0.15) is 0 Å². The number of terminal acetylenes is 1. The third-order valence-electron chi connectivity index (χ3n) is 2.14. The Hall–Kier alpha value is -1.18. The second-order valence-electron chi connectivity index (χ2n) is 3.65. The quantitative estimate of drug-likeness (QED) is 0.481. The molecule has 0 heterocycles. The summed E-state index contributed by atoms with van der Waals surface area (Å²) in [7, 11) is 1.55. The van der Waals surface area contributed by atoms with Gasteiger partial charge in [0.2, 0.25) is 0 Å². The number of hydrogen-bond donors (Lipinski definition) is 0. The van der Waals surface area contributed by atoms with Crippen LogP contribution in [0.15, 0.2) is 17.0 Å². The van der Waals surface area contributed by atoms with Crippen molar-refractivity contribution in [1.82, 2.24) is 0 Å². The fourth-order valence-corrected chi connectivity index (χ4v) is 2.61. The van der Waals surface area contributed by atoms with Crippen molar-refractivity contribution in [3.63, 3.8) is 0 Å². The van der Waals surface area contributed by atoms with Crippen LogP contribution < -0.4 is 4.74 Å². The molecule has 0 saturated carbocycles. The molecule has 0 saturated heterocycles. The summed E-state index contributed by atoms with van der Waals surface area (Å²) in [5, 5.41) is 0. The fraction of sp³-hybridized carbons (Fsp3) is 0.333. The molecule has 92 valence electrons. The Balaban J connectivity index is 3.23. The first-order valence-electron chi connectivity index (χ1n) is 4.98. The van der Waals surface area contributed by atoms with Crippen molar-refractivity contribution in [3.05, 3.63) is 23.3 Å². The third kappa shape index (κ3) is 3.65. The molecule has 1 aromatic carbocycles. The van der Waals surface area contributed by atoms with Gasteiger partial charge < -0.3 is 4.74 Å². The molecule has 3 nitrogen and oxygen atoms in total. The van der Waals surface area contributed by atoms with Crippen LogP contribution in [0.1, 0.15) is 17.5 Å². The van der Waals surface area contributed by atoms with Crippen LogP contribution >= 0.6 is 10.7 Å². The molecule has 1 rings (SSSR count). The average molecular weight is 273 g/mol. The third-order valence-corrected chi connectivity index (χ3v) is 3.47. The highest BCUT2D eigenvalue weighted by molar-refractivity contribution is 8.13. The van der Waals surface area contributed by atoms with E-state index in [1.54, 1.807) is 13.8 Å². The monoisotopic (exact) mass is 272 g/mol. The van der Waals surface area contributed by atoms with Crippen LogP contribution in [0.2, 0.25) is 0 Å². The van der Waals surface area contributed by atoms with Crippen LogP contribution in [-0.2, 0) is 9.05 Å². The van der Waals surface area contributed by atoms with E-state index >= 15 is 0 Å². The van der Waals surface area contributed by atoms with Crippen LogP contribution in [0.5, 0.6) is 5.75 Å². The molecule has 0 spiro atoms. The first-order valence-corrected chi connectivity index (χ1v) is 7.29. The van der Waals surface area contributed by atoms with E-state index in [1.807, 2.05) is 6.07 Å². The molecule has 0 aromatic heterocycles. The Kier molecular flexibility index (Phi) is 4.44. The van der Waals surface area contributed by atoms with Crippen molar-refractivity contribution < 1.29 is 13.2 Å². The predicted molar refractivity (Wildman–Crippen MR) is 67.9 cm³/mol. The van der Waals surface area contributed by atoms with E-state index < -0.39 is 9.05 Å². The van der Waals surface area contributed by atoms with E-state index in [-0.39, 0.29) is 17.3 Å². The zero-order valence-electron chi connectivity index (χ0n) is 9.66. The molecule has 5 heteroatoms. The number of hydrogen-bond acceptors (Lipinski definition) is 3. The summed E-state index contributed by atoms with van der Waals surface area (Å²) in [5.74, 6) is 2.70. The summed E-state index contributed by atoms with van der Waals surface area (Å²) >= 11 is 0. The highest BCUT2D eigenvalue weighted by atomic mass is 35.7. The molecule has 0 amide bonds. The van der Waals surface area contributed by atoms with Gasteiger partial charge in [0, 0.05) is 17.1 Å². The Bertz CT molecular complexity index is 556. The molecule has 17 heavy (non-hydrogen) atoms. The highest BCUT2D eigenvalue weighted by Gasteiger charge is 2.19. The standard InChI is InChI=1S/C12H13ClO3S/c1-4-5-6-16-12-10(3)7-9(2)8-11(12)17(13,14)15/h1,7-8H,5-6H2,2-3H3. The first-order chi connectivity index (χ1) is 7.86. The van der Waals surface area contributed by atoms with Crippen molar-refractivity contribution in [2.45, 2.75) is 25.2 Å². The molecule has 0 aliphatic rings. The van der Waals surface area contributed by atoms with Gasteiger partial charge in [-0.25, -0.2) is 8.42 Å². The molecule has 0 radical (unpaired) electrons. The highest BCUT2D eigenvalue weighted by Crippen LogP contribution is 2.31. The summed E-state index contributed by atoms with van der Waals surface area (Å²) < 4.78 is 28.3. The molecule has 0 bridgehead atoms. The fourth-order valence-electron chi connectivity index (χ4n) is 1.49. The summed E-state index contributed by atoms with van der Waals surface area (Å²) in [5.41, 5.74) is 1.53. The lowest BCUT2D eigenvalue weighted by atomic mass is 10.1. The van der Waals surface area contributed by atoms with E-state index in [4.69, 9.17) is 21.8 Å². The number of rotatable bonds is 4. The second-order valence-corrected chi connectivity index (χ2v) is 6.18. The van der Waals surface area contributed by atoms with Crippen LogP contribution in [0.25, 0.3) is 0 Å². The second kappa shape index (κ2) is 5.44. The van der Waals surface area contributed by atoms with E-state index in [9.17, 15) is 8.42 Å². The molecule has 0 atom stereocenters. The minimum atomic E-state index is -3.82. The van der Waals surface area contributed by atoms with Gasteiger partial charge in [0.15, 0.2) is 0 Å². The van der Waals surface area contributed by atoms with Crippen LogP contribution in [0.4, 0.5) is 0 Å². The zero-order valence-corrected chi connectivity index (χ0v) is 11.2. The van der Waals surface area contributed by atoms with Crippen molar-refractivity contribution in [2.24, 2.45) is 0 Å². The molecule has 0 aliphatic carbocycles. The number of aryl methyl sites for hydroxylation is 2. The minimum absolute atomic E-state index is 0.00584. The lowest BCUT2D eigenvalue weighted by molar-refractivity contribution is 0.316. The van der Waals surface area contributed by atoms with E-state index in [0.29, 0.717) is 6.42 Å². The van der Waals surface area contributed by atoms with Crippen LogP contribution in [0, 0.1) is 26.2 Å². The summed E-state index contributed by atoms with van der Waals surface area (Å²) in [6.07, 6.45) is 5.52. The number of halogens is 1. The van der Waals surface area contributed by atoms with Gasteiger partial charge in [0.25, 0.3) is 9.05 Å². The molecular formula is C12H13ClO3S. The Labute approximate surface area is 106 Å². The van der Waals surface area contributed by atoms with Gasteiger partial charge in [-0.1, -0.05) is 6.07 Å². The van der Waals surface area contributed by atoms with Crippen molar-refractivity contribution >= 4 is 19.7 Å². The van der Waals surface area contributed by atoms with Gasteiger partial charge in [-0.05, 0) is 31.0 Å². The van der Waals surface area contributed by atoms with Gasteiger partial charge in [0.1, 0.15) is 10.6 Å². The van der Waals surface area contributed by atoms with Gasteiger partial charge >= 0.3 is 0 Å². The molecule has 1 aromatic rings. The van der Waals surface area contributed by atoms with Gasteiger partial charge in [-0.15, -0.1) is 12.3 Å². The predicted octanol–water partition coefficient (Wildman–Crippen LogP) is 2.63. The molecule has 0 aliphatic heterocycles. The minimum Gasteiger partial charge on any atom is -0.491 e. The maximum absolute atomic E-state index is 11.4. The molecular weight excluding hydrogens is 260 g/mol. The molecule has 0 N–H and O–H groups in total. The maximum atomic E-state index is 11.4. The maximum Gasteiger partial charge on any atom is 0.265 e. The first kappa shape index (κ1) is 13.9. The summed E-state index contributed by atoms with van der Waals surface area (Å²) in [4.78, 5) is -0.00584. The smallest absolute Gasteiger partial charge is 0.265 e. The summed E-state index contributed by atoms with van der Waals surface area (Å²) in [6.45, 7) is 3.83. The zero-order chi connectivity index (χ0) is 13.1. The van der Waals surface area contributed by atoms with Crippen LogP contribution in [-0.4, -0.2) is 15.0 Å². The van der Waals surface area contributed by atoms with Crippen molar-refractivity contribution in [3.8, 4) is 18.1 Å². The Morgan fingerprint density at radius 1 is 1.41 bits per heavy atom. The average Bonchev–Trinajstić information content (AvgIpc) is 2.19. The van der Waals surface area contributed by atoms with Crippen LogP contribution in [0.3, 0.4) is 0 Å². The van der Waals surface area contributed by atoms with E-state index in [2.05, 4.69) is 5.92 Å². The van der Waals surface area contributed by atoms with E-state index in [1.165, 1.54) is 6.07 Å². The SMILES string of the molecule is C#CCCOc1c(C)cc(C)cc1S(=O)(=O)Cl. The van der Waals surface area contributed by atoms with Crippen molar-refractivity contribution in [2.75, 3.05) is 6.61 Å². The lowest BCUT2D eigenvalue weighted by Gasteiger charge is -2.12. The Morgan fingerprint density at radius 2 is 2.06 bits per heavy atom.